The lowest BCUT2D eigenvalue weighted by Crippen LogP contribution is -2.37. The van der Waals surface area contributed by atoms with Gasteiger partial charge in [-0.25, -0.2) is 4.98 Å². The number of hydrogen-bond acceptors (Lipinski definition) is 6. The average Bonchev–Trinajstić information content (AvgIpc) is 3.07. The van der Waals surface area contributed by atoms with Crippen LogP contribution >= 0.6 is 34.9 Å². The molecule has 1 amide bonds. The first-order chi connectivity index (χ1) is 9.26. The fourth-order valence-electron chi connectivity index (χ4n) is 1.86. The van der Waals surface area contributed by atoms with Gasteiger partial charge in [-0.05, 0) is 24.5 Å². The summed E-state index contributed by atoms with van der Waals surface area (Å²) in [6.45, 7) is 0. The number of nitrogens with zero attached hydrogens (tertiary/aromatic N) is 1. The van der Waals surface area contributed by atoms with Gasteiger partial charge in [0.2, 0.25) is 5.91 Å². The number of thioether (sulfide) groups is 2. The lowest BCUT2D eigenvalue weighted by atomic mass is 10.2. The molecule has 1 aliphatic heterocycles. The standard InChI is InChI=1S/C12H13N3OS3/c1-17-12-15-8-3-2-7(4-10(8)19-12)14-11(16)9-5-18-6-13-9/h2-4,9,13H,5-6H2,1H3,(H,14,16). The summed E-state index contributed by atoms with van der Waals surface area (Å²) < 4.78 is 2.16. The van der Waals surface area contributed by atoms with Gasteiger partial charge in [0.15, 0.2) is 4.34 Å². The Labute approximate surface area is 123 Å². The minimum atomic E-state index is -0.0797. The van der Waals surface area contributed by atoms with Crippen LogP contribution in [0.2, 0.25) is 0 Å². The first-order valence-corrected chi connectivity index (χ1v) is 9.02. The molecular formula is C12H13N3OS3. The molecule has 2 aromatic rings. The Hall–Kier alpha value is -0.760. The largest absolute Gasteiger partial charge is 0.325 e. The summed E-state index contributed by atoms with van der Waals surface area (Å²) in [6, 6.07) is 5.78. The average molecular weight is 311 g/mol. The van der Waals surface area contributed by atoms with Crippen molar-refractivity contribution in [2.75, 3.05) is 23.2 Å². The predicted molar refractivity (Wildman–Crippen MR) is 84.3 cm³/mol. The highest BCUT2D eigenvalue weighted by atomic mass is 32.2. The van der Waals surface area contributed by atoms with E-state index in [1.54, 1.807) is 34.9 Å². The van der Waals surface area contributed by atoms with Crippen LogP contribution in [0.25, 0.3) is 10.2 Å². The second-order valence-electron chi connectivity index (χ2n) is 4.13. The molecule has 1 aromatic carbocycles. The number of rotatable bonds is 3. The van der Waals surface area contributed by atoms with Crippen molar-refractivity contribution in [2.24, 2.45) is 0 Å². The summed E-state index contributed by atoms with van der Waals surface area (Å²) in [6.07, 6.45) is 2.02. The van der Waals surface area contributed by atoms with E-state index in [4.69, 9.17) is 0 Å². The molecule has 7 heteroatoms. The van der Waals surface area contributed by atoms with Crippen LogP contribution in [-0.2, 0) is 4.79 Å². The molecule has 2 N–H and O–H groups in total. The molecule has 0 spiro atoms. The highest BCUT2D eigenvalue weighted by Crippen LogP contribution is 2.30. The van der Waals surface area contributed by atoms with Crippen LogP contribution in [-0.4, -0.2) is 34.8 Å². The molecule has 3 rings (SSSR count). The zero-order valence-electron chi connectivity index (χ0n) is 10.3. The van der Waals surface area contributed by atoms with Crippen molar-refractivity contribution < 1.29 is 4.79 Å². The van der Waals surface area contributed by atoms with Gasteiger partial charge in [-0.1, -0.05) is 11.8 Å². The van der Waals surface area contributed by atoms with Crippen LogP contribution in [0.4, 0.5) is 5.69 Å². The van der Waals surface area contributed by atoms with Crippen molar-refractivity contribution in [1.82, 2.24) is 10.3 Å². The van der Waals surface area contributed by atoms with Gasteiger partial charge in [0.25, 0.3) is 0 Å². The molecule has 1 saturated heterocycles. The normalized spacial score (nSPS) is 18.9. The van der Waals surface area contributed by atoms with E-state index in [2.05, 4.69) is 15.6 Å². The summed E-state index contributed by atoms with van der Waals surface area (Å²) in [4.78, 5) is 16.5. The van der Waals surface area contributed by atoms with Crippen molar-refractivity contribution in [1.29, 1.82) is 0 Å². The highest BCUT2D eigenvalue weighted by molar-refractivity contribution is 8.00. The van der Waals surface area contributed by atoms with Crippen molar-refractivity contribution in [3.63, 3.8) is 0 Å². The Morgan fingerprint density at radius 1 is 1.58 bits per heavy atom. The molecular weight excluding hydrogens is 298 g/mol. The van der Waals surface area contributed by atoms with Crippen LogP contribution in [0.3, 0.4) is 0 Å². The monoisotopic (exact) mass is 311 g/mol. The van der Waals surface area contributed by atoms with Crippen LogP contribution in [0, 0.1) is 0 Å². The SMILES string of the molecule is CSc1nc2ccc(NC(=O)C3CSCN3)cc2s1. The highest BCUT2D eigenvalue weighted by Gasteiger charge is 2.22. The molecule has 1 fully saturated rings. The Bertz CT molecular complexity index is 607. The second kappa shape index (κ2) is 5.70. The predicted octanol–water partition coefficient (Wildman–Crippen LogP) is 2.62. The smallest absolute Gasteiger partial charge is 0.242 e. The molecule has 0 saturated carbocycles. The number of carbonyl (C=O) groups is 1. The van der Waals surface area contributed by atoms with Gasteiger partial charge >= 0.3 is 0 Å². The van der Waals surface area contributed by atoms with Gasteiger partial charge in [0, 0.05) is 17.3 Å². The fraction of sp³-hybridized carbons (Fsp3) is 0.333. The molecule has 0 aliphatic carbocycles. The van der Waals surface area contributed by atoms with Gasteiger partial charge in [-0.2, -0.15) is 0 Å². The molecule has 0 radical (unpaired) electrons. The summed E-state index contributed by atoms with van der Waals surface area (Å²) in [7, 11) is 0. The third-order valence-corrected chi connectivity index (χ3v) is 5.79. The van der Waals surface area contributed by atoms with Gasteiger partial charge in [-0.15, -0.1) is 23.1 Å². The number of fused-ring (bicyclic) bond motifs is 1. The zero-order valence-corrected chi connectivity index (χ0v) is 12.8. The summed E-state index contributed by atoms with van der Waals surface area (Å²) in [5.41, 5.74) is 1.83. The van der Waals surface area contributed by atoms with Gasteiger partial charge in [0.05, 0.1) is 16.3 Å². The number of aromatic nitrogens is 1. The van der Waals surface area contributed by atoms with E-state index >= 15 is 0 Å². The summed E-state index contributed by atoms with van der Waals surface area (Å²) >= 11 is 5.04. The number of benzene rings is 1. The van der Waals surface area contributed by atoms with Crippen LogP contribution in [0.5, 0.6) is 0 Å². The quantitative estimate of drug-likeness (QED) is 0.854. The van der Waals surface area contributed by atoms with Crippen molar-refractivity contribution in [3.05, 3.63) is 18.2 Å². The van der Waals surface area contributed by atoms with E-state index in [0.29, 0.717) is 0 Å². The molecule has 1 aliphatic rings. The van der Waals surface area contributed by atoms with E-state index in [0.717, 1.165) is 31.9 Å². The van der Waals surface area contributed by atoms with Gasteiger partial charge in [-0.3, -0.25) is 10.1 Å². The Morgan fingerprint density at radius 3 is 3.21 bits per heavy atom. The lowest BCUT2D eigenvalue weighted by Gasteiger charge is -2.10. The van der Waals surface area contributed by atoms with Gasteiger partial charge < -0.3 is 5.32 Å². The van der Waals surface area contributed by atoms with E-state index in [9.17, 15) is 4.79 Å². The number of thiazole rings is 1. The Morgan fingerprint density at radius 2 is 2.47 bits per heavy atom. The minimum absolute atomic E-state index is 0.0407. The summed E-state index contributed by atoms with van der Waals surface area (Å²) in [5, 5.41) is 6.13. The first-order valence-electron chi connectivity index (χ1n) is 5.83. The third-order valence-electron chi connectivity index (χ3n) is 2.84. The maximum atomic E-state index is 12.0. The molecule has 1 unspecified atom stereocenters. The van der Waals surface area contributed by atoms with Crippen molar-refractivity contribution in [3.8, 4) is 0 Å². The number of hydrogen-bond donors (Lipinski definition) is 2. The number of nitrogens with one attached hydrogen (secondary N) is 2. The van der Waals surface area contributed by atoms with E-state index in [-0.39, 0.29) is 11.9 Å². The van der Waals surface area contributed by atoms with Crippen LogP contribution in [0.1, 0.15) is 0 Å². The molecule has 4 nitrogen and oxygen atoms in total. The molecule has 0 bridgehead atoms. The third kappa shape index (κ3) is 2.89. The Balaban J connectivity index is 1.78. The molecule has 1 aromatic heterocycles. The second-order valence-corrected chi connectivity index (χ2v) is 7.24. The van der Waals surface area contributed by atoms with Gasteiger partial charge in [0.1, 0.15) is 0 Å². The van der Waals surface area contributed by atoms with Crippen LogP contribution < -0.4 is 10.6 Å². The van der Waals surface area contributed by atoms with Crippen molar-refractivity contribution in [2.45, 2.75) is 10.4 Å². The molecule has 19 heavy (non-hydrogen) atoms. The zero-order chi connectivity index (χ0) is 13.2. The molecule has 100 valence electrons. The lowest BCUT2D eigenvalue weighted by molar-refractivity contribution is -0.117. The maximum absolute atomic E-state index is 12.0. The maximum Gasteiger partial charge on any atom is 0.242 e. The van der Waals surface area contributed by atoms with Crippen molar-refractivity contribution >= 4 is 56.7 Å². The topological polar surface area (TPSA) is 54.0 Å². The number of anilines is 1. The molecule has 1 atom stereocenters. The molecule has 2 heterocycles. The minimum Gasteiger partial charge on any atom is -0.325 e. The van der Waals surface area contributed by atoms with E-state index in [1.807, 2.05) is 24.5 Å². The summed E-state index contributed by atoms with van der Waals surface area (Å²) in [5.74, 6) is 1.73. The Kier molecular flexibility index (Phi) is 3.97. The number of amides is 1. The van der Waals surface area contributed by atoms with Crippen LogP contribution in [0.15, 0.2) is 22.5 Å². The van der Waals surface area contributed by atoms with E-state index in [1.165, 1.54) is 0 Å². The fourth-order valence-corrected chi connectivity index (χ4v) is 4.33. The number of carbonyl (C=O) groups excluding carboxylic acids is 1. The first kappa shape index (κ1) is 13.2. The van der Waals surface area contributed by atoms with E-state index < -0.39 is 0 Å².